The van der Waals surface area contributed by atoms with Crippen LogP contribution < -0.4 is 15.2 Å². The van der Waals surface area contributed by atoms with Gasteiger partial charge in [-0.3, -0.25) is 9.59 Å². The largest absolute Gasteiger partial charge is 0.513 e. The Morgan fingerprint density at radius 2 is 1.58 bits per heavy atom. The number of aliphatic carboxylic acids is 1. The maximum Gasteiger partial charge on any atom is 0.513 e. The number of carboxylic acid groups (broad SMARTS) is 1. The third-order valence-electron chi connectivity index (χ3n) is 4.30. The van der Waals surface area contributed by atoms with E-state index in [0.717, 1.165) is 0 Å². The molecule has 0 radical (unpaired) electrons. The predicted octanol–water partition coefficient (Wildman–Crippen LogP) is 3.20. The summed E-state index contributed by atoms with van der Waals surface area (Å²) < 4.78 is 24.8. The van der Waals surface area contributed by atoms with Gasteiger partial charge in [-0.25, -0.2) is 9.59 Å². The highest BCUT2D eigenvalue weighted by Gasteiger charge is 2.37. The van der Waals surface area contributed by atoms with Gasteiger partial charge >= 0.3 is 24.2 Å². The number of nitrogens with two attached hydrogens (primary N) is 1. The fraction of sp³-hybridized carbons (Fsp3) is 0.545. The number of ether oxygens (including phenoxy) is 5. The SMILES string of the molecule is CCCC(=O)O[C@@H](C)CC(N)(Cc1ccc(OC(=O)OCC)c(OC(=O)OCC)c1)C(=O)O. The van der Waals surface area contributed by atoms with Gasteiger partial charge in [0, 0.05) is 19.3 Å². The smallest absolute Gasteiger partial charge is 0.480 e. The Balaban J connectivity index is 3.14. The van der Waals surface area contributed by atoms with Crippen molar-refractivity contribution in [2.75, 3.05) is 13.2 Å². The van der Waals surface area contributed by atoms with Crippen LogP contribution >= 0.6 is 0 Å². The molecule has 1 rings (SSSR count). The molecule has 1 aromatic rings. The molecule has 184 valence electrons. The molecule has 0 saturated heterocycles. The lowest BCUT2D eigenvalue weighted by atomic mass is 9.86. The Morgan fingerprint density at radius 1 is 1.00 bits per heavy atom. The van der Waals surface area contributed by atoms with Crippen LogP contribution in [0.25, 0.3) is 0 Å². The second-order valence-electron chi connectivity index (χ2n) is 7.24. The van der Waals surface area contributed by atoms with Crippen LogP contribution in [0.1, 0.15) is 52.5 Å². The molecule has 33 heavy (non-hydrogen) atoms. The molecule has 0 saturated carbocycles. The van der Waals surface area contributed by atoms with Crippen molar-refractivity contribution >= 4 is 24.2 Å². The Hall–Kier alpha value is -3.34. The lowest BCUT2D eigenvalue weighted by molar-refractivity contribution is -0.153. The summed E-state index contributed by atoms with van der Waals surface area (Å²) >= 11 is 0. The number of hydrogen-bond acceptors (Lipinski definition) is 10. The third kappa shape index (κ3) is 9.36. The highest BCUT2D eigenvalue weighted by molar-refractivity contribution is 5.79. The summed E-state index contributed by atoms with van der Waals surface area (Å²) in [5.41, 5.74) is 4.72. The highest BCUT2D eigenvalue weighted by atomic mass is 16.7. The minimum Gasteiger partial charge on any atom is -0.480 e. The van der Waals surface area contributed by atoms with Crippen molar-refractivity contribution in [3.8, 4) is 11.5 Å². The standard InChI is InChI=1S/C22H31NO10/c1-5-8-18(24)31-14(4)12-22(23,19(25)26)13-15-9-10-16(32-20(27)29-6-2)17(11-15)33-21(28)30-7-3/h9-11,14H,5-8,12-13,23H2,1-4H3,(H,25,26)/t14-,22?/m0/s1. The summed E-state index contributed by atoms with van der Waals surface area (Å²) in [6, 6.07) is 4.09. The lowest BCUT2D eigenvalue weighted by Gasteiger charge is -2.28. The van der Waals surface area contributed by atoms with Crippen LogP contribution in [-0.2, 0) is 30.2 Å². The summed E-state index contributed by atoms with van der Waals surface area (Å²) in [4.78, 5) is 47.1. The minimum absolute atomic E-state index is 0.0478. The van der Waals surface area contributed by atoms with Crippen LogP contribution in [0.2, 0.25) is 0 Å². The van der Waals surface area contributed by atoms with Crippen molar-refractivity contribution in [1.29, 1.82) is 0 Å². The molecular weight excluding hydrogens is 438 g/mol. The van der Waals surface area contributed by atoms with Crippen LogP contribution in [0, 0.1) is 0 Å². The van der Waals surface area contributed by atoms with E-state index < -0.39 is 35.9 Å². The molecule has 2 atom stereocenters. The highest BCUT2D eigenvalue weighted by Crippen LogP contribution is 2.31. The molecular formula is C22H31NO10. The van der Waals surface area contributed by atoms with Gasteiger partial charge in [0.15, 0.2) is 11.5 Å². The molecule has 0 bridgehead atoms. The van der Waals surface area contributed by atoms with Crippen molar-refractivity contribution in [2.45, 2.75) is 65.0 Å². The zero-order chi connectivity index (χ0) is 25.0. The first-order valence-corrected chi connectivity index (χ1v) is 10.6. The monoisotopic (exact) mass is 469 g/mol. The number of esters is 1. The summed E-state index contributed by atoms with van der Waals surface area (Å²) in [6.45, 7) is 6.67. The molecule has 1 unspecified atom stereocenters. The van der Waals surface area contributed by atoms with E-state index in [1.807, 2.05) is 6.92 Å². The van der Waals surface area contributed by atoms with Crippen LogP contribution in [0.4, 0.5) is 9.59 Å². The third-order valence-corrected chi connectivity index (χ3v) is 4.30. The number of hydrogen-bond donors (Lipinski definition) is 2. The second-order valence-corrected chi connectivity index (χ2v) is 7.24. The van der Waals surface area contributed by atoms with E-state index in [2.05, 4.69) is 0 Å². The molecule has 0 aromatic heterocycles. The Morgan fingerprint density at radius 3 is 2.09 bits per heavy atom. The topological polar surface area (TPSA) is 161 Å². The number of carbonyl (C=O) groups excluding carboxylic acids is 3. The molecule has 0 amide bonds. The average Bonchev–Trinajstić information content (AvgIpc) is 2.70. The van der Waals surface area contributed by atoms with Crippen molar-refractivity contribution < 1.29 is 48.0 Å². The maximum absolute atomic E-state index is 11.9. The van der Waals surface area contributed by atoms with Gasteiger partial charge in [0.25, 0.3) is 0 Å². The van der Waals surface area contributed by atoms with Gasteiger partial charge in [0.05, 0.1) is 13.2 Å². The molecule has 0 aliphatic heterocycles. The molecule has 0 aliphatic carbocycles. The van der Waals surface area contributed by atoms with Gasteiger partial charge in [-0.05, 0) is 44.9 Å². The van der Waals surface area contributed by atoms with Gasteiger partial charge in [-0.2, -0.15) is 0 Å². The van der Waals surface area contributed by atoms with Gasteiger partial charge in [0.2, 0.25) is 0 Å². The van der Waals surface area contributed by atoms with Crippen LogP contribution in [0.15, 0.2) is 18.2 Å². The Bertz CT molecular complexity index is 840. The van der Waals surface area contributed by atoms with E-state index >= 15 is 0 Å². The number of rotatable bonds is 12. The molecule has 0 aliphatic rings. The van der Waals surface area contributed by atoms with Crippen LogP contribution in [0.3, 0.4) is 0 Å². The van der Waals surface area contributed by atoms with Crippen LogP contribution in [-0.4, -0.2) is 54.2 Å². The first-order valence-electron chi connectivity index (χ1n) is 10.6. The summed E-state index contributed by atoms with van der Waals surface area (Å²) in [6.07, 6.45) is -2.35. The zero-order valence-corrected chi connectivity index (χ0v) is 19.3. The first kappa shape index (κ1) is 27.7. The second kappa shape index (κ2) is 13.3. The quantitative estimate of drug-likeness (QED) is 0.263. The fourth-order valence-corrected chi connectivity index (χ4v) is 2.94. The lowest BCUT2D eigenvalue weighted by Crippen LogP contribution is -2.52. The number of benzene rings is 1. The normalized spacial score (nSPS) is 13.2. The van der Waals surface area contributed by atoms with Crippen molar-refractivity contribution in [3.05, 3.63) is 23.8 Å². The summed E-state index contributed by atoms with van der Waals surface area (Å²) in [5, 5.41) is 9.74. The molecule has 0 heterocycles. The van der Waals surface area contributed by atoms with E-state index in [-0.39, 0.29) is 44.0 Å². The minimum atomic E-state index is -1.80. The van der Waals surface area contributed by atoms with Crippen molar-refractivity contribution in [1.82, 2.24) is 0 Å². The molecule has 3 N–H and O–H groups in total. The van der Waals surface area contributed by atoms with E-state index in [4.69, 9.17) is 29.4 Å². The Labute approximate surface area is 192 Å². The number of carbonyl (C=O) groups is 4. The molecule has 11 nitrogen and oxygen atoms in total. The molecule has 11 heteroatoms. The molecule has 0 fully saturated rings. The van der Waals surface area contributed by atoms with Crippen molar-refractivity contribution in [2.24, 2.45) is 5.73 Å². The van der Waals surface area contributed by atoms with E-state index in [1.165, 1.54) is 18.2 Å². The summed E-state index contributed by atoms with van der Waals surface area (Å²) in [5.74, 6) is -2.07. The van der Waals surface area contributed by atoms with E-state index in [1.54, 1.807) is 20.8 Å². The molecule has 1 aromatic carbocycles. The van der Waals surface area contributed by atoms with Gasteiger partial charge in [-0.15, -0.1) is 0 Å². The average molecular weight is 469 g/mol. The van der Waals surface area contributed by atoms with Gasteiger partial charge < -0.3 is 34.5 Å². The maximum atomic E-state index is 11.9. The Kier molecular flexibility index (Phi) is 11.1. The van der Waals surface area contributed by atoms with Crippen LogP contribution in [0.5, 0.6) is 11.5 Å². The first-order chi connectivity index (χ1) is 15.5. The zero-order valence-electron chi connectivity index (χ0n) is 19.3. The van der Waals surface area contributed by atoms with E-state index in [9.17, 15) is 24.3 Å². The van der Waals surface area contributed by atoms with Gasteiger partial charge in [-0.1, -0.05) is 13.0 Å². The molecule has 0 spiro atoms. The predicted molar refractivity (Wildman–Crippen MR) is 115 cm³/mol. The van der Waals surface area contributed by atoms with Crippen molar-refractivity contribution in [3.63, 3.8) is 0 Å². The van der Waals surface area contributed by atoms with Gasteiger partial charge in [0.1, 0.15) is 11.6 Å². The summed E-state index contributed by atoms with van der Waals surface area (Å²) in [7, 11) is 0. The van der Waals surface area contributed by atoms with E-state index in [0.29, 0.717) is 12.0 Å². The fourth-order valence-electron chi connectivity index (χ4n) is 2.94. The number of carboxylic acids is 1.